The van der Waals surface area contributed by atoms with Crippen LogP contribution in [0.15, 0.2) is 48.7 Å². The average molecular weight is 311 g/mol. The lowest BCUT2D eigenvalue weighted by Gasteiger charge is -2.12. The van der Waals surface area contributed by atoms with Crippen molar-refractivity contribution in [1.29, 1.82) is 0 Å². The maximum atomic E-state index is 10.1. The Morgan fingerprint density at radius 3 is 2.13 bits per heavy atom. The first-order valence-corrected chi connectivity index (χ1v) is 6.71. The maximum Gasteiger partial charge on any atom is 0.263 e. The molecule has 0 saturated heterocycles. The highest BCUT2D eigenvalue weighted by Crippen LogP contribution is 2.40. The van der Waals surface area contributed by atoms with E-state index in [0.717, 1.165) is 0 Å². The van der Waals surface area contributed by atoms with Gasteiger partial charge in [0.1, 0.15) is 5.69 Å². The molecule has 0 fully saturated rings. The molecule has 2 heterocycles. The predicted molar refractivity (Wildman–Crippen MR) is 81.7 cm³/mol. The van der Waals surface area contributed by atoms with E-state index in [0.29, 0.717) is 17.2 Å². The Labute approximate surface area is 131 Å². The zero-order valence-electron chi connectivity index (χ0n) is 12.2. The molecule has 0 bridgehead atoms. The van der Waals surface area contributed by atoms with Crippen molar-refractivity contribution in [2.24, 2.45) is 0 Å². The highest BCUT2D eigenvalue weighted by molar-refractivity contribution is 5.56. The number of aromatic hydroxyl groups is 2. The third-order valence-corrected chi connectivity index (χ3v) is 3.00. The normalized spacial score (nSPS) is 10.3. The molecule has 7 nitrogen and oxygen atoms in total. The van der Waals surface area contributed by atoms with Gasteiger partial charge in [-0.1, -0.05) is 18.2 Å². The number of para-hydroxylation sites is 2. The molecule has 0 aliphatic carbocycles. The van der Waals surface area contributed by atoms with E-state index in [1.165, 1.54) is 7.11 Å². The summed E-state index contributed by atoms with van der Waals surface area (Å²) in [5, 5.41) is 20.1. The molecular formula is C16H13N3O4. The number of hydrogen-bond acceptors (Lipinski definition) is 7. The Hall–Kier alpha value is -3.35. The molecule has 0 atom stereocenters. The fourth-order valence-corrected chi connectivity index (χ4v) is 1.94. The molecule has 0 spiro atoms. The lowest BCUT2D eigenvalue weighted by molar-refractivity contribution is 0.337. The first-order valence-electron chi connectivity index (χ1n) is 6.71. The zero-order valence-corrected chi connectivity index (χ0v) is 12.2. The second kappa shape index (κ2) is 6.18. The van der Waals surface area contributed by atoms with Crippen molar-refractivity contribution in [2.75, 3.05) is 7.11 Å². The van der Waals surface area contributed by atoms with Crippen LogP contribution in [0.1, 0.15) is 0 Å². The predicted octanol–water partition coefficient (Wildman–Crippen LogP) is 2.75. The van der Waals surface area contributed by atoms with Gasteiger partial charge in [0.2, 0.25) is 0 Å². The topological polar surface area (TPSA) is 97.6 Å². The van der Waals surface area contributed by atoms with Gasteiger partial charge in [-0.25, -0.2) is 0 Å². The van der Waals surface area contributed by atoms with Gasteiger partial charge in [-0.05, 0) is 24.3 Å². The van der Waals surface area contributed by atoms with Gasteiger partial charge in [0.05, 0.1) is 7.11 Å². The number of methoxy groups -OCH3 is 1. The van der Waals surface area contributed by atoms with Crippen LogP contribution in [0.25, 0.3) is 11.5 Å². The molecule has 1 aromatic carbocycles. The smallest absolute Gasteiger partial charge is 0.263 e. The van der Waals surface area contributed by atoms with Gasteiger partial charge in [0.15, 0.2) is 17.3 Å². The van der Waals surface area contributed by atoms with Crippen LogP contribution in [-0.4, -0.2) is 32.3 Å². The van der Waals surface area contributed by atoms with Crippen LogP contribution in [0.5, 0.6) is 29.0 Å². The lowest BCUT2D eigenvalue weighted by Crippen LogP contribution is -1.96. The fraction of sp³-hybridized carbons (Fsp3) is 0.0625. The summed E-state index contributed by atoms with van der Waals surface area (Å²) in [5.74, 6) is -0.398. The number of rotatable bonds is 4. The fourth-order valence-electron chi connectivity index (χ4n) is 1.94. The molecule has 0 radical (unpaired) electrons. The number of hydrogen-bond donors (Lipinski definition) is 2. The molecule has 0 amide bonds. The second-order valence-electron chi connectivity index (χ2n) is 4.49. The molecule has 2 N–H and O–H groups in total. The summed E-state index contributed by atoms with van der Waals surface area (Å²) < 4.78 is 10.6. The second-order valence-corrected chi connectivity index (χ2v) is 4.49. The van der Waals surface area contributed by atoms with Crippen molar-refractivity contribution in [3.63, 3.8) is 0 Å². The van der Waals surface area contributed by atoms with Gasteiger partial charge >= 0.3 is 0 Å². The van der Waals surface area contributed by atoms with E-state index in [4.69, 9.17) is 9.47 Å². The highest BCUT2D eigenvalue weighted by Gasteiger charge is 2.18. The summed E-state index contributed by atoms with van der Waals surface area (Å²) in [5.41, 5.74) is 0.418. The molecule has 0 unspecified atom stereocenters. The van der Waals surface area contributed by atoms with Crippen LogP contribution in [0.3, 0.4) is 0 Å². The zero-order chi connectivity index (χ0) is 16.2. The molecule has 0 aliphatic heterocycles. The van der Waals surface area contributed by atoms with E-state index in [1.54, 1.807) is 48.7 Å². The van der Waals surface area contributed by atoms with Gasteiger partial charge in [-0.15, -0.1) is 0 Å². The number of aromatic nitrogens is 3. The van der Waals surface area contributed by atoms with Crippen LogP contribution in [0.4, 0.5) is 0 Å². The summed E-state index contributed by atoms with van der Waals surface area (Å²) in [7, 11) is 1.49. The van der Waals surface area contributed by atoms with Gasteiger partial charge < -0.3 is 19.7 Å². The number of ether oxygens (including phenoxy) is 2. The van der Waals surface area contributed by atoms with Crippen molar-refractivity contribution in [3.8, 4) is 40.5 Å². The summed E-state index contributed by atoms with van der Waals surface area (Å²) in [6.45, 7) is 0. The molecule has 23 heavy (non-hydrogen) atoms. The van der Waals surface area contributed by atoms with E-state index in [-0.39, 0.29) is 11.6 Å². The Kier molecular flexibility index (Phi) is 3.92. The van der Waals surface area contributed by atoms with Crippen LogP contribution in [0.2, 0.25) is 0 Å². The molecule has 0 saturated carbocycles. The van der Waals surface area contributed by atoms with Gasteiger partial charge in [-0.2, -0.15) is 9.97 Å². The lowest BCUT2D eigenvalue weighted by atomic mass is 10.3. The summed E-state index contributed by atoms with van der Waals surface area (Å²) in [4.78, 5) is 11.9. The third kappa shape index (κ3) is 2.98. The van der Waals surface area contributed by atoms with Crippen LogP contribution < -0.4 is 9.47 Å². The minimum atomic E-state index is -0.496. The van der Waals surface area contributed by atoms with Crippen molar-refractivity contribution in [2.45, 2.75) is 0 Å². The van der Waals surface area contributed by atoms with Gasteiger partial charge in [0, 0.05) is 6.20 Å². The van der Waals surface area contributed by atoms with Crippen molar-refractivity contribution < 1.29 is 19.7 Å². The number of nitrogens with zero attached hydrogens (tertiary/aromatic N) is 3. The molecule has 7 heteroatoms. The number of benzene rings is 1. The molecule has 116 valence electrons. The van der Waals surface area contributed by atoms with Crippen LogP contribution in [0, 0.1) is 0 Å². The van der Waals surface area contributed by atoms with Crippen LogP contribution >= 0.6 is 0 Å². The minimum Gasteiger partial charge on any atom is -0.493 e. The first-order chi connectivity index (χ1) is 11.2. The third-order valence-electron chi connectivity index (χ3n) is 3.00. The van der Waals surface area contributed by atoms with E-state index >= 15 is 0 Å². The average Bonchev–Trinajstić information content (AvgIpc) is 2.59. The largest absolute Gasteiger partial charge is 0.493 e. The standard InChI is InChI=1S/C16H13N3O4/c1-22-11-7-2-3-8-12(11)23-13-15(20)18-14(19-16(13)21)10-6-4-5-9-17-10/h2-9H,1H3,(H2,18,19,20,21). The van der Waals surface area contributed by atoms with E-state index in [9.17, 15) is 10.2 Å². The van der Waals surface area contributed by atoms with Gasteiger partial charge in [0.25, 0.3) is 17.5 Å². The van der Waals surface area contributed by atoms with Crippen molar-refractivity contribution >= 4 is 0 Å². The van der Waals surface area contributed by atoms with E-state index in [2.05, 4.69) is 15.0 Å². The summed E-state index contributed by atoms with van der Waals surface area (Å²) in [6, 6.07) is 12.0. The Morgan fingerprint density at radius 2 is 1.52 bits per heavy atom. The summed E-state index contributed by atoms with van der Waals surface area (Å²) >= 11 is 0. The van der Waals surface area contributed by atoms with Crippen molar-refractivity contribution in [1.82, 2.24) is 15.0 Å². The minimum absolute atomic E-state index is 0.0907. The van der Waals surface area contributed by atoms with Crippen molar-refractivity contribution in [3.05, 3.63) is 48.7 Å². The molecular weight excluding hydrogens is 298 g/mol. The van der Waals surface area contributed by atoms with E-state index < -0.39 is 11.8 Å². The molecule has 2 aromatic heterocycles. The number of pyridine rings is 1. The Balaban J connectivity index is 1.98. The maximum absolute atomic E-state index is 10.1. The molecule has 0 aliphatic rings. The SMILES string of the molecule is COc1ccccc1Oc1c(O)nc(-c2ccccn2)nc1O. The first kappa shape index (κ1) is 14.6. The van der Waals surface area contributed by atoms with Gasteiger partial charge in [-0.3, -0.25) is 4.98 Å². The highest BCUT2D eigenvalue weighted by atomic mass is 16.5. The molecule has 3 aromatic rings. The Morgan fingerprint density at radius 1 is 0.870 bits per heavy atom. The van der Waals surface area contributed by atoms with Crippen LogP contribution in [-0.2, 0) is 0 Å². The van der Waals surface area contributed by atoms with E-state index in [1.807, 2.05) is 0 Å². The quantitative estimate of drug-likeness (QED) is 0.764. The monoisotopic (exact) mass is 311 g/mol. The Bertz CT molecular complexity index is 802. The molecule has 3 rings (SSSR count). The summed E-state index contributed by atoms with van der Waals surface area (Å²) in [6.07, 6.45) is 1.56.